The maximum Gasteiger partial charge on any atom is 0.273 e. The molecule has 1 N–H and O–H groups in total. The van der Waals surface area contributed by atoms with E-state index in [2.05, 4.69) is 9.71 Å². The molecule has 4 aromatic carbocycles. The summed E-state index contributed by atoms with van der Waals surface area (Å²) in [6.45, 7) is 0.966. The second-order valence-corrected chi connectivity index (χ2v) is 14.5. The Kier molecular flexibility index (Phi) is 11.0. The smallest absolute Gasteiger partial charge is 0.273 e. The van der Waals surface area contributed by atoms with Gasteiger partial charge in [-0.15, -0.1) is 11.3 Å². The van der Waals surface area contributed by atoms with Crippen LogP contribution in [0.5, 0.6) is 11.5 Å². The van der Waals surface area contributed by atoms with Crippen molar-refractivity contribution in [2.24, 2.45) is 0 Å². The molecule has 2 heterocycles. The van der Waals surface area contributed by atoms with Crippen molar-refractivity contribution in [2.45, 2.75) is 23.5 Å². The van der Waals surface area contributed by atoms with Crippen LogP contribution in [-0.4, -0.2) is 32.5 Å². The van der Waals surface area contributed by atoms with Crippen LogP contribution in [0.25, 0.3) is 34.2 Å². The molecule has 6 rings (SSSR count). The molecule has 2 aromatic heterocycles. The van der Waals surface area contributed by atoms with Crippen LogP contribution in [0.15, 0.2) is 125 Å². The molecule has 0 saturated heterocycles. The molecule has 0 saturated carbocycles. The molecule has 0 aliphatic heterocycles. The number of fused-ring (bicyclic) bond motifs is 1. The highest BCUT2D eigenvalue weighted by Gasteiger charge is 2.19. The van der Waals surface area contributed by atoms with E-state index in [9.17, 15) is 13.2 Å². The summed E-state index contributed by atoms with van der Waals surface area (Å²) in [5.41, 5.74) is 5.54. The van der Waals surface area contributed by atoms with Gasteiger partial charge in [0.2, 0.25) is 5.91 Å². The van der Waals surface area contributed by atoms with Gasteiger partial charge in [0.1, 0.15) is 15.7 Å². The normalized spacial score (nSPS) is 11.5. The summed E-state index contributed by atoms with van der Waals surface area (Å²) in [4.78, 5) is 17.2. The molecule has 7 nitrogen and oxygen atoms in total. The quantitative estimate of drug-likeness (QED) is 0.114. The maximum absolute atomic E-state index is 12.5. The minimum absolute atomic E-state index is 0.0361. The molecule has 1 amide bonds. The van der Waals surface area contributed by atoms with Gasteiger partial charge in [0.25, 0.3) is 10.0 Å². The number of ether oxygens (including phenoxy) is 2. The second-order valence-electron chi connectivity index (χ2n) is 11.2. The summed E-state index contributed by atoms with van der Waals surface area (Å²) in [7, 11) is -3.85. The van der Waals surface area contributed by atoms with E-state index < -0.39 is 15.9 Å². The predicted molar refractivity (Wildman–Crippen MR) is 198 cm³/mol. The van der Waals surface area contributed by atoms with E-state index in [-0.39, 0.29) is 10.6 Å². The number of pyridine rings is 1. The molecule has 0 unspecified atom stereocenters. The first-order chi connectivity index (χ1) is 23.8. The first-order valence-electron chi connectivity index (χ1n) is 15.7. The summed E-state index contributed by atoms with van der Waals surface area (Å²) in [6, 6.07) is 36.3. The number of aromatic nitrogens is 1. The van der Waals surface area contributed by atoms with Crippen LogP contribution in [0.2, 0.25) is 5.02 Å². The number of carbonyl (C=O) groups excluding carboxylic acids is 1. The van der Waals surface area contributed by atoms with Crippen LogP contribution < -0.4 is 14.2 Å². The van der Waals surface area contributed by atoms with Gasteiger partial charge in [-0.1, -0.05) is 84.4 Å². The number of aryl methyl sites for hydroxylation is 1. The second kappa shape index (κ2) is 16.0. The number of nitrogens with zero attached hydrogens (tertiary/aromatic N) is 1. The number of sulfonamides is 1. The van der Waals surface area contributed by atoms with Crippen LogP contribution >= 0.6 is 22.9 Å². The fraction of sp³-hybridized carbons (Fsp3) is 0.128. The van der Waals surface area contributed by atoms with Crippen molar-refractivity contribution in [1.29, 1.82) is 0 Å². The molecule has 49 heavy (non-hydrogen) atoms. The Morgan fingerprint density at radius 1 is 0.816 bits per heavy atom. The minimum atomic E-state index is -3.85. The van der Waals surface area contributed by atoms with E-state index in [1.807, 2.05) is 115 Å². The van der Waals surface area contributed by atoms with Crippen molar-refractivity contribution >= 4 is 61.9 Å². The van der Waals surface area contributed by atoms with Gasteiger partial charge in [-0.3, -0.25) is 4.79 Å². The van der Waals surface area contributed by atoms with E-state index in [1.54, 1.807) is 11.4 Å². The number of hydrogen-bond donors (Lipinski definition) is 1. The number of benzene rings is 4. The first-order valence-corrected chi connectivity index (χ1v) is 18.4. The van der Waals surface area contributed by atoms with Gasteiger partial charge >= 0.3 is 0 Å². The van der Waals surface area contributed by atoms with Gasteiger partial charge in [0.15, 0.2) is 0 Å². The molecular formula is C39H33ClN2O5S2. The van der Waals surface area contributed by atoms with Crippen molar-refractivity contribution in [2.75, 3.05) is 13.2 Å². The molecule has 0 aliphatic carbocycles. The summed E-state index contributed by atoms with van der Waals surface area (Å²) in [6.07, 6.45) is 5.08. The van der Waals surface area contributed by atoms with Gasteiger partial charge < -0.3 is 9.47 Å². The fourth-order valence-electron chi connectivity index (χ4n) is 5.22. The molecule has 10 heteroatoms. The lowest BCUT2D eigenvalue weighted by molar-refractivity contribution is -0.119. The molecular weight excluding hydrogens is 676 g/mol. The molecule has 0 aliphatic rings. The van der Waals surface area contributed by atoms with E-state index in [1.165, 1.54) is 6.07 Å². The Labute approximate surface area is 294 Å². The molecule has 0 radical (unpaired) electrons. The third-order valence-electron chi connectivity index (χ3n) is 7.60. The van der Waals surface area contributed by atoms with Crippen LogP contribution in [0.3, 0.4) is 0 Å². The van der Waals surface area contributed by atoms with Crippen molar-refractivity contribution in [3.8, 4) is 22.6 Å². The van der Waals surface area contributed by atoms with Crippen LogP contribution in [0, 0.1) is 0 Å². The minimum Gasteiger partial charge on any atom is -0.493 e. The van der Waals surface area contributed by atoms with Gasteiger partial charge in [-0.2, -0.15) is 0 Å². The van der Waals surface area contributed by atoms with E-state index in [0.717, 1.165) is 61.7 Å². The van der Waals surface area contributed by atoms with E-state index in [0.29, 0.717) is 31.1 Å². The summed E-state index contributed by atoms with van der Waals surface area (Å²) in [5, 5.41) is 3.36. The molecule has 6 aromatic rings. The zero-order valence-electron chi connectivity index (χ0n) is 26.4. The monoisotopic (exact) mass is 708 g/mol. The average molecular weight is 709 g/mol. The summed E-state index contributed by atoms with van der Waals surface area (Å²) < 4.78 is 39.2. The third kappa shape index (κ3) is 9.35. The lowest BCUT2D eigenvalue weighted by Gasteiger charge is -2.12. The zero-order chi connectivity index (χ0) is 34.1. The van der Waals surface area contributed by atoms with E-state index >= 15 is 0 Å². The first kappa shape index (κ1) is 33.9. The maximum atomic E-state index is 12.5. The number of carbonyl (C=O) groups is 1. The van der Waals surface area contributed by atoms with Gasteiger partial charge in [-0.05, 0) is 88.7 Å². The van der Waals surface area contributed by atoms with Crippen molar-refractivity contribution in [3.63, 3.8) is 0 Å². The number of nitrogens with one attached hydrogen (secondary N) is 1. The SMILES string of the molecule is O=C(CCc1ccccc1-c1cccc(OCCCOc2cccc(C=Cc3ccc4ccc(Cl)cc4n3)c2)c1)NS(=O)(=O)c1cccs1. The number of rotatable bonds is 14. The van der Waals surface area contributed by atoms with Gasteiger partial charge in [0.05, 0.1) is 24.4 Å². The Morgan fingerprint density at radius 3 is 2.41 bits per heavy atom. The molecule has 0 fully saturated rings. The van der Waals surface area contributed by atoms with Crippen molar-refractivity contribution < 1.29 is 22.7 Å². The predicted octanol–water partition coefficient (Wildman–Crippen LogP) is 9.07. The molecule has 0 bridgehead atoms. The Hall–Kier alpha value is -4.96. The van der Waals surface area contributed by atoms with Crippen LogP contribution in [0.4, 0.5) is 0 Å². The molecule has 0 spiro atoms. The Bertz CT molecular complexity index is 2200. The van der Waals surface area contributed by atoms with Crippen LogP contribution in [-0.2, 0) is 21.2 Å². The lowest BCUT2D eigenvalue weighted by Crippen LogP contribution is -2.30. The third-order valence-corrected chi connectivity index (χ3v) is 10.6. The number of thiophene rings is 1. The topological polar surface area (TPSA) is 94.6 Å². The summed E-state index contributed by atoms with van der Waals surface area (Å²) >= 11 is 7.20. The highest BCUT2D eigenvalue weighted by molar-refractivity contribution is 7.92. The van der Waals surface area contributed by atoms with Crippen LogP contribution in [0.1, 0.15) is 29.7 Å². The van der Waals surface area contributed by atoms with Crippen molar-refractivity contribution in [1.82, 2.24) is 9.71 Å². The Balaban J connectivity index is 0.986. The number of halogens is 1. The number of amides is 1. The Morgan fingerprint density at radius 2 is 1.59 bits per heavy atom. The zero-order valence-corrected chi connectivity index (χ0v) is 28.8. The highest BCUT2D eigenvalue weighted by atomic mass is 35.5. The number of hydrogen-bond acceptors (Lipinski definition) is 7. The van der Waals surface area contributed by atoms with Gasteiger partial charge in [0, 0.05) is 23.3 Å². The highest BCUT2D eigenvalue weighted by Crippen LogP contribution is 2.28. The van der Waals surface area contributed by atoms with Gasteiger partial charge in [-0.25, -0.2) is 18.1 Å². The average Bonchev–Trinajstić information content (AvgIpc) is 3.67. The van der Waals surface area contributed by atoms with Crippen molar-refractivity contribution in [3.05, 3.63) is 142 Å². The standard InChI is InChI=1S/C39H33ClN2O5S2/c40-32-18-15-30-16-20-33(41-37(30)27-32)19-14-28-7-3-10-34(25-28)46-22-6-23-47-35-11-4-9-31(26-35)36-12-2-1-8-29(36)17-21-38(43)42-49(44,45)39-13-5-24-48-39/h1-5,7-16,18-20,24-27H,6,17,21-23H2,(H,42,43). The molecule has 0 atom stereocenters. The largest absolute Gasteiger partial charge is 0.493 e. The molecule has 248 valence electrons. The van der Waals surface area contributed by atoms with E-state index in [4.69, 9.17) is 21.1 Å². The fourth-order valence-corrected chi connectivity index (χ4v) is 7.39. The summed E-state index contributed by atoms with van der Waals surface area (Å²) in [5.74, 6) is 0.954. The lowest BCUT2D eigenvalue weighted by atomic mass is 9.96.